The number of rotatable bonds is 3. The first-order chi connectivity index (χ1) is 16.0. The third kappa shape index (κ3) is 3.47. The Kier molecular flexibility index (Phi) is 4.69. The van der Waals surface area contributed by atoms with Crippen molar-refractivity contribution in [1.29, 1.82) is 0 Å². The van der Waals surface area contributed by atoms with E-state index in [4.69, 9.17) is 9.98 Å². The summed E-state index contributed by atoms with van der Waals surface area (Å²) in [5, 5.41) is 13.1. The second-order valence-corrected chi connectivity index (χ2v) is 11.2. The van der Waals surface area contributed by atoms with E-state index in [2.05, 4.69) is 33.5 Å². The van der Waals surface area contributed by atoms with Gasteiger partial charge >= 0.3 is 0 Å². The van der Waals surface area contributed by atoms with Crippen molar-refractivity contribution in [2.24, 2.45) is 4.99 Å². The largest absolute Gasteiger partial charge is 0.284 e. The first-order valence-electron chi connectivity index (χ1n) is 11.2. The van der Waals surface area contributed by atoms with Crippen LogP contribution in [-0.4, -0.2) is 50.9 Å². The van der Waals surface area contributed by atoms with Gasteiger partial charge < -0.3 is 0 Å². The van der Waals surface area contributed by atoms with E-state index in [0.717, 1.165) is 45.6 Å². The molecule has 9 heteroatoms. The molecule has 33 heavy (non-hydrogen) atoms. The van der Waals surface area contributed by atoms with Crippen LogP contribution in [0.2, 0.25) is 0 Å². The Hall–Kier alpha value is -3.33. The summed E-state index contributed by atoms with van der Waals surface area (Å²) in [5.41, 5.74) is 6.42. The zero-order chi connectivity index (χ0) is 22.6. The summed E-state index contributed by atoms with van der Waals surface area (Å²) < 4.78 is 25.8. The van der Waals surface area contributed by atoms with Crippen LogP contribution in [0, 0.1) is 6.92 Å². The summed E-state index contributed by atoms with van der Waals surface area (Å²) >= 11 is 0. The van der Waals surface area contributed by atoms with Crippen molar-refractivity contribution in [2.45, 2.75) is 38.1 Å². The van der Waals surface area contributed by atoms with Gasteiger partial charge in [-0.1, -0.05) is 36.4 Å². The number of fused-ring (bicyclic) bond motifs is 3. The summed E-state index contributed by atoms with van der Waals surface area (Å²) in [4.78, 5) is 9.86. The van der Waals surface area contributed by atoms with Crippen molar-refractivity contribution in [3.8, 4) is 0 Å². The molecule has 6 rings (SSSR count). The number of aryl methyl sites for hydroxylation is 1. The first-order valence-corrected chi connectivity index (χ1v) is 13.0. The molecule has 8 nitrogen and oxygen atoms in total. The number of aromatic nitrogens is 5. The highest BCUT2D eigenvalue weighted by molar-refractivity contribution is 7.91. The number of dihydropyridines is 1. The molecule has 0 amide bonds. The Morgan fingerprint density at radius 3 is 2.64 bits per heavy atom. The first kappa shape index (κ1) is 20.3. The second kappa shape index (κ2) is 7.62. The van der Waals surface area contributed by atoms with Gasteiger partial charge in [0.2, 0.25) is 0 Å². The van der Waals surface area contributed by atoms with E-state index in [0.29, 0.717) is 12.8 Å². The maximum Gasteiger partial charge on any atom is 0.165 e. The molecule has 2 aliphatic heterocycles. The van der Waals surface area contributed by atoms with Gasteiger partial charge in [-0.05, 0) is 31.7 Å². The number of H-pyrrole nitrogens is 1. The number of aromatic amines is 1. The molecule has 3 aromatic heterocycles. The molecule has 1 fully saturated rings. The summed E-state index contributed by atoms with van der Waals surface area (Å²) in [5.74, 6) is 0.484. The van der Waals surface area contributed by atoms with E-state index in [1.54, 1.807) is 4.52 Å². The zero-order valence-corrected chi connectivity index (χ0v) is 19.1. The Bertz CT molecular complexity index is 1520. The minimum atomic E-state index is -2.95. The lowest BCUT2D eigenvalue weighted by atomic mass is 9.95. The maximum absolute atomic E-state index is 12.0. The highest BCUT2D eigenvalue weighted by Gasteiger charge is 2.29. The number of hydrogen-bond acceptors (Lipinski definition) is 6. The number of aliphatic imine (C=N–C) groups is 1. The molecule has 5 heterocycles. The summed E-state index contributed by atoms with van der Waals surface area (Å²) in [6.07, 6.45) is 7.91. The van der Waals surface area contributed by atoms with Crippen molar-refractivity contribution < 1.29 is 8.42 Å². The van der Waals surface area contributed by atoms with Crippen LogP contribution in [0.15, 0.2) is 47.6 Å². The van der Waals surface area contributed by atoms with Gasteiger partial charge in [-0.3, -0.25) is 10.1 Å². The summed E-state index contributed by atoms with van der Waals surface area (Å²) in [7, 11) is -2.95. The minimum Gasteiger partial charge on any atom is -0.284 e. The van der Waals surface area contributed by atoms with E-state index < -0.39 is 9.84 Å². The number of allylic oxidation sites excluding steroid dienone is 1. The third-order valence-electron chi connectivity index (χ3n) is 6.76. The fourth-order valence-corrected chi connectivity index (χ4v) is 6.42. The molecule has 1 unspecified atom stereocenters. The van der Waals surface area contributed by atoms with Crippen LogP contribution in [0.5, 0.6) is 0 Å². The lowest BCUT2D eigenvalue weighted by Gasteiger charge is -2.22. The van der Waals surface area contributed by atoms with E-state index in [9.17, 15) is 8.42 Å². The van der Waals surface area contributed by atoms with Gasteiger partial charge in [-0.25, -0.2) is 13.4 Å². The third-order valence-corrected chi connectivity index (χ3v) is 8.47. The molecular formula is C24H24N6O2S. The number of benzene rings is 1. The fourth-order valence-electron chi connectivity index (χ4n) is 4.92. The van der Waals surface area contributed by atoms with Crippen LogP contribution in [0.4, 0.5) is 0 Å². The topological polar surface area (TPSA) is 105 Å². The number of nitrogens with one attached hydrogen (secondary N) is 1. The second-order valence-electron chi connectivity index (χ2n) is 8.85. The van der Waals surface area contributed by atoms with Gasteiger partial charge in [0.25, 0.3) is 0 Å². The fraction of sp³-hybridized carbons (Fsp3) is 0.333. The molecule has 0 bridgehead atoms. The van der Waals surface area contributed by atoms with Gasteiger partial charge in [0.15, 0.2) is 11.3 Å². The number of hydrogen-bond donors (Lipinski definition) is 1. The molecule has 1 N–H and O–H groups in total. The van der Waals surface area contributed by atoms with E-state index in [1.165, 1.54) is 5.56 Å². The Morgan fingerprint density at radius 1 is 1.12 bits per heavy atom. The maximum atomic E-state index is 12.0. The Balaban J connectivity index is 1.42. The van der Waals surface area contributed by atoms with E-state index >= 15 is 0 Å². The zero-order valence-electron chi connectivity index (χ0n) is 18.3. The van der Waals surface area contributed by atoms with Crippen LogP contribution in [0.3, 0.4) is 0 Å². The predicted octanol–water partition coefficient (Wildman–Crippen LogP) is 3.81. The summed E-state index contributed by atoms with van der Waals surface area (Å²) in [6.45, 7) is 1.94. The standard InChI is InChI=1S/C24H24N6O2S/c1-15-21-22(17-9-11-33(31,32)12-10-17)27-23-19(14-26-30(23)24(21)29-28-15)18-7-8-20(25-13-18)16-5-3-2-4-6-16/h2-7,13-14,17,20H,8-12H2,1H3,(H,28,29). The van der Waals surface area contributed by atoms with Crippen molar-refractivity contribution in [3.05, 3.63) is 65.1 Å². The molecule has 2 aliphatic rings. The predicted molar refractivity (Wildman–Crippen MR) is 128 cm³/mol. The van der Waals surface area contributed by atoms with Crippen LogP contribution in [0.1, 0.15) is 53.7 Å². The van der Waals surface area contributed by atoms with E-state index in [1.807, 2.05) is 37.5 Å². The van der Waals surface area contributed by atoms with Gasteiger partial charge in [0.1, 0.15) is 9.84 Å². The highest BCUT2D eigenvalue weighted by Crippen LogP contribution is 2.36. The molecule has 1 saturated heterocycles. The smallest absolute Gasteiger partial charge is 0.165 e. The minimum absolute atomic E-state index is 0.0801. The van der Waals surface area contributed by atoms with Crippen molar-refractivity contribution in [2.75, 3.05) is 11.5 Å². The SMILES string of the molecule is Cc1n[nH]c2c1c(C1CCS(=O)(=O)CC1)nc1c(C3=CCC(c4ccccc4)N=C3)cnn12. The summed E-state index contributed by atoms with van der Waals surface area (Å²) in [6, 6.07) is 10.4. The highest BCUT2D eigenvalue weighted by atomic mass is 32.2. The lowest BCUT2D eigenvalue weighted by molar-refractivity contribution is 0.546. The monoisotopic (exact) mass is 460 g/mol. The Labute approximate surface area is 191 Å². The molecule has 168 valence electrons. The quantitative estimate of drug-likeness (QED) is 0.501. The van der Waals surface area contributed by atoms with Crippen LogP contribution >= 0.6 is 0 Å². The molecule has 4 aromatic rings. The molecule has 0 radical (unpaired) electrons. The average Bonchev–Trinajstić information content (AvgIpc) is 3.43. The molecule has 1 aromatic carbocycles. The van der Waals surface area contributed by atoms with E-state index in [-0.39, 0.29) is 23.5 Å². The average molecular weight is 461 g/mol. The normalized spacial score (nSPS) is 21.0. The van der Waals surface area contributed by atoms with Gasteiger partial charge in [0, 0.05) is 23.3 Å². The Morgan fingerprint density at radius 2 is 1.91 bits per heavy atom. The number of nitrogens with zero attached hydrogens (tertiary/aromatic N) is 5. The number of sulfone groups is 1. The van der Waals surface area contributed by atoms with Crippen LogP contribution in [0.25, 0.3) is 22.3 Å². The van der Waals surface area contributed by atoms with Crippen molar-refractivity contribution in [1.82, 2.24) is 24.8 Å². The van der Waals surface area contributed by atoms with Crippen molar-refractivity contribution in [3.63, 3.8) is 0 Å². The lowest BCUT2D eigenvalue weighted by Crippen LogP contribution is -2.23. The van der Waals surface area contributed by atoms with Crippen molar-refractivity contribution >= 4 is 38.3 Å². The van der Waals surface area contributed by atoms with Gasteiger partial charge in [-0.2, -0.15) is 14.7 Å². The molecule has 1 atom stereocenters. The van der Waals surface area contributed by atoms with Crippen LogP contribution < -0.4 is 0 Å². The van der Waals surface area contributed by atoms with Gasteiger partial charge in [0.05, 0.1) is 40.5 Å². The molecule has 0 spiro atoms. The molecular weight excluding hydrogens is 436 g/mol. The van der Waals surface area contributed by atoms with Crippen LogP contribution in [-0.2, 0) is 9.84 Å². The molecule has 0 aliphatic carbocycles. The van der Waals surface area contributed by atoms with Gasteiger partial charge in [-0.15, -0.1) is 0 Å². The molecule has 0 saturated carbocycles.